The molecule has 0 N–H and O–H groups in total. The van der Waals surface area contributed by atoms with Crippen molar-refractivity contribution >= 4 is 16.8 Å². The molecule has 0 atom stereocenters. The molecule has 1 aromatic carbocycles. The fourth-order valence-corrected chi connectivity index (χ4v) is 1.48. The predicted octanol–water partition coefficient (Wildman–Crippen LogP) is 3.41. The van der Waals surface area contributed by atoms with E-state index in [1.54, 1.807) is 18.2 Å². The minimum absolute atomic E-state index is 0.0358. The van der Waals surface area contributed by atoms with Gasteiger partial charge in [0.05, 0.1) is 5.39 Å². The normalized spacial score (nSPS) is 11.2. The maximum absolute atomic E-state index is 13.1. The maximum Gasteiger partial charge on any atom is 0.169 e. The van der Waals surface area contributed by atoms with Crippen molar-refractivity contribution in [3.63, 3.8) is 0 Å². The lowest BCUT2D eigenvalue weighted by Gasteiger charge is -2.03. The number of rotatable bonds is 2. The summed E-state index contributed by atoms with van der Waals surface area (Å²) in [4.78, 5) is 11.7. The van der Waals surface area contributed by atoms with Crippen LogP contribution >= 0.6 is 0 Å². The lowest BCUT2D eigenvalue weighted by atomic mass is 10.0. The summed E-state index contributed by atoms with van der Waals surface area (Å²) in [5.41, 5.74) is 0.978. The van der Waals surface area contributed by atoms with E-state index in [0.29, 0.717) is 16.5 Å². The first kappa shape index (κ1) is 9.90. The zero-order chi connectivity index (χ0) is 11.0. The van der Waals surface area contributed by atoms with Gasteiger partial charge in [0, 0.05) is 11.5 Å². The Labute approximate surface area is 86.7 Å². The smallest absolute Gasteiger partial charge is 0.169 e. The van der Waals surface area contributed by atoms with Gasteiger partial charge in [-0.2, -0.15) is 0 Å². The molecule has 78 valence electrons. The average Bonchev–Trinajstić information content (AvgIpc) is 2.59. The van der Waals surface area contributed by atoms with Crippen LogP contribution in [-0.2, 0) is 0 Å². The van der Waals surface area contributed by atoms with Crippen molar-refractivity contribution in [2.24, 2.45) is 5.92 Å². The molecule has 3 heteroatoms. The number of ketones is 1. The first-order chi connectivity index (χ1) is 7.09. The molecule has 2 aromatic rings. The predicted molar refractivity (Wildman–Crippen MR) is 55.3 cm³/mol. The quantitative estimate of drug-likeness (QED) is 0.705. The van der Waals surface area contributed by atoms with Crippen LogP contribution in [-0.4, -0.2) is 5.78 Å². The van der Waals surface area contributed by atoms with E-state index in [1.807, 2.05) is 13.8 Å². The van der Waals surface area contributed by atoms with Crippen molar-refractivity contribution in [3.05, 3.63) is 35.8 Å². The van der Waals surface area contributed by atoms with Crippen LogP contribution in [0.25, 0.3) is 11.0 Å². The van der Waals surface area contributed by atoms with E-state index >= 15 is 0 Å². The standard InChI is InChI=1S/C12H11FO2/c1-7(2)12(14)8-3-4-9-10(13)6-15-11(9)5-8/h3-7H,1-2H3. The van der Waals surface area contributed by atoms with E-state index in [9.17, 15) is 9.18 Å². The van der Waals surface area contributed by atoms with Crippen LogP contribution in [0.3, 0.4) is 0 Å². The molecule has 0 spiro atoms. The van der Waals surface area contributed by atoms with Gasteiger partial charge in [-0.1, -0.05) is 19.9 Å². The Morgan fingerprint density at radius 2 is 2.13 bits per heavy atom. The molecule has 0 saturated heterocycles. The molecule has 2 nitrogen and oxygen atoms in total. The number of hydrogen-bond acceptors (Lipinski definition) is 2. The molecule has 1 heterocycles. The van der Waals surface area contributed by atoms with Crippen LogP contribution in [0, 0.1) is 11.7 Å². The summed E-state index contributed by atoms with van der Waals surface area (Å²) in [6.07, 6.45) is 1.05. The molecule has 0 saturated carbocycles. The second-order valence-electron chi connectivity index (χ2n) is 3.81. The van der Waals surface area contributed by atoms with Crippen molar-refractivity contribution in [3.8, 4) is 0 Å². The highest BCUT2D eigenvalue weighted by Gasteiger charge is 2.13. The molecular weight excluding hydrogens is 195 g/mol. The fraction of sp³-hybridized carbons (Fsp3) is 0.250. The molecule has 0 aliphatic rings. The topological polar surface area (TPSA) is 30.2 Å². The number of carbonyl (C=O) groups excluding carboxylic acids is 1. The van der Waals surface area contributed by atoms with Crippen molar-refractivity contribution in [1.29, 1.82) is 0 Å². The van der Waals surface area contributed by atoms with Gasteiger partial charge in [0.25, 0.3) is 0 Å². The monoisotopic (exact) mass is 206 g/mol. The van der Waals surface area contributed by atoms with E-state index in [0.717, 1.165) is 6.26 Å². The SMILES string of the molecule is CC(C)C(=O)c1ccc2c(F)coc2c1. The van der Waals surface area contributed by atoms with Crippen LogP contribution in [0.15, 0.2) is 28.9 Å². The Morgan fingerprint density at radius 1 is 1.40 bits per heavy atom. The molecule has 0 bridgehead atoms. The largest absolute Gasteiger partial charge is 0.461 e. The third kappa shape index (κ3) is 1.65. The van der Waals surface area contributed by atoms with Crippen LogP contribution in [0.4, 0.5) is 4.39 Å². The Bertz CT molecular complexity index is 511. The van der Waals surface area contributed by atoms with Crippen molar-refractivity contribution < 1.29 is 13.6 Å². The summed E-state index contributed by atoms with van der Waals surface area (Å²) in [5, 5.41) is 0.412. The van der Waals surface area contributed by atoms with Crippen LogP contribution in [0.1, 0.15) is 24.2 Å². The van der Waals surface area contributed by atoms with E-state index in [1.165, 1.54) is 0 Å². The van der Waals surface area contributed by atoms with Gasteiger partial charge < -0.3 is 4.42 Å². The zero-order valence-electron chi connectivity index (χ0n) is 8.58. The summed E-state index contributed by atoms with van der Waals surface area (Å²) in [6, 6.07) is 4.79. The Hall–Kier alpha value is -1.64. The minimum atomic E-state index is -0.395. The molecule has 0 radical (unpaired) electrons. The van der Waals surface area contributed by atoms with Gasteiger partial charge in [0.1, 0.15) is 11.8 Å². The van der Waals surface area contributed by atoms with E-state index in [-0.39, 0.29) is 11.7 Å². The highest BCUT2D eigenvalue weighted by atomic mass is 19.1. The lowest BCUT2D eigenvalue weighted by Crippen LogP contribution is -2.06. The number of hydrogen-bond donors (Lipinski definition) is 0. The molecule has 1 aromatic heterocycles. The van der Waals surface area contributed by atoms with Gasteiger partial charge in [0.15, 0.2) is 11.6 Å². The van der Waals surface area contributed by atoms with Crippen molar-refractivity contribution in [1.82, 2.24) is 0 Å². The van der Waals surface area contributed by atoms with Crippen molar-refractivity contribution in [2.45, 2.75) is 13.8 Å². The van der Waals surface area contributed by atoms with Crippen LogP contribution in [0.5, 0.6) is 0 Å². The summed E-state index contributed by atoms with van der Waals surface area (Å²) in [7, 11) is 0. The summed E-state index contributed by atoms with van der Waals surface area (Å²) < 4.78 is 18.1. The first-order valence-electron chi connectivity index (χ1n) is 4.80. The summed E-state index contributed by atoms with van der Waals surface area (Å²) >= 11 is 0. The Morgan fingerprint density at radius 3 is 2.80 bits per heavy atom. The van der Waals surface area contributed by atoms with Gasteiger partial charge in [-0.25, -0.2) is 4.39 Å². The zero-order valence-corrected chi connectivity index (χ0v) is 8.58. The molecule has 0 unspecified atom stereocenters. The Balaban J connectivity index is 2.52. The Kier molecular flexibility index (Phi) is 2.31. The molecule has 2 rings (SSSR count). The van der Waals surface area contributed by atoms with Crippen molar-refractivity contribution in [2.75, 3.05) is 0 Å². The van der Waals surface area contributed by atoms with Gasteiger partial charge in [-0.15, -0.1) is 0 Å². The lowest BCUT2D eigenvalue weighted by molar-refractivity contribution is 0.0939. The number of furan rings is 1. The van der Waals surface area contributed by atoms with Gasteiger partial charge in [-0.3, -0.25) is 4.79 Å². The summed E-state index contributed by atoms with van der Waals surface area (Å²) in [5.74, 6) is -0.426. The maximum atomic E-state index is 13.1. The summed E-state index contributed by atoms with van der Waals surface area (Å²) in [6.45, 7) is 3.66. The highest BCUT2D eigenvalue weighted by molar-refractivity contribution is 6.00. The molecule has 0 amide bonds. The van der Waals surface area contributed by atoms with Gasteiger partial charge in [0.2, 0.25) is 0 Å². The second-order valence-corrected chi connectivity index (χ2v) is 3.81. The third-order valence-corrected chi connectivity index (χ3v) is 2.34. The van der Waals surface area contributed by atoms with Crippen LogP contribution in [0.2, 0.25) is 0 Å². The number of fused-ring (bicyclic) bond motifs is 1. The highest BCUT2D eigenvalue weighted by Crippen LogP contribution is 2.22. The van der Waals surface area contributed by atoms with Crippen LogP contribution < -0.4 is 0 Å². The number of benzene rings is 1. The molecule has 15 heavy (non-hydrogen) atoms. The molecule has 0 fully saturated rings. The average molecular weight is 206 g/mol. The second kappa shape index (κ2) is 3.50. The fourth-order valence-electron chi connectivity index (χ4n) is 1.48. The molecule has 0 aliphatic heterocycles. The molecule has 0 aliphatic carbocycles. The van der Waals surface area contributed by atoms with E-state index in [4.69, 9.17) is 4.42 Å². The minimum Gasteiger partial charge on any atom is -0.461 e. The van der Waals surface area contributed by atoms with E-state index in [2.05, 4.69) is 0 Å². The van der Waals surface area contributed by atoms with E-state index < -0.39 is 5.82 Å². The molecular formula is C12H11FO2. The third-order valence-electron chi connectivity index (χ3n) is 2.34. The van der Waals surface area contributed by atoms with Gasteiger partial charge in [-0.05, 0) is 12.1 Å². The number of carbonyl (C=O) groups is 1. The number of halogens is 1. The number of Topliss-reactive ketones (excluding diaryl/α,β-unsaturated/α-hetero) is 1. The first-order valence-corrected chi connectivity index (χ1v) is 4.80. The van der Waals surface area contributed by atoms with Gasteiger partial charge >= 0.3 is 0 Å².